The Morgan fingerprint density at radius 1 is 1.50 bits per heavy atom. The van der Waals surface area contributed by atoms with Crippen LogP contribution in [-0.4, -0.2) is 23.7 Å². The minimum atomic E-state index is -0.523. The molecule has 4 nitrogen and oxygen atoms in total. The Morgan fingerprint density at radius 2 is 2.00 bits per heavy atom. The molecular weight excluding hydrogens is 184 g/mol. The highest BCUT2D eigenvalue weighted by molar-refractivity contribution is 5.20. The molecule has 4 heteroatoms. The number of aliphatic hydroxyl groups is 1. The molecule has 0 spiro atoms. The van der Waals surface area contributed by atoms with Crippen molar-refractivity contribution in [1.29, 1.82) is 0 Å². The van der Waals surface area contributed by atoms with Crippen LogP contribution in [-0.2, 0) is 14.3 Å². The van der Waals surface area contributed by atoms with Crippen molar-refractivity contribution < 1.29 is 19.4 Å². The van der Waals surface area contributed by atoms with E-state index in [0.29, 0.717) is 0 Å². The van der Waals surface area contributed by atoms with Crippen LogP contribution in [0.1, 0.15) is 40.0 Å². The van der Waals surface area contributed by atoms with E-state index in [1.165, 1.54) is 0 Å². The van der Waals surface area contributed by atoms with Gasteiger partial charge in [-0.3, -0.25) is 0 Å². The summed E-state index contributed by atoms with van der Waals surface area (Å²) in [4.78, 5) is 16.2. The lowest BCUT2D eigenvalue weighted by atomic mass is 9.79. The second-order valence-corrected chi connectivity index (χ2v) is 3.78. The van der Waals surface area contributed by atoms with Crippen molar-refractivity contribution in [1.82, 2.24) is 0 Å². The molecule has 1 rings (SSSR count). The molecule has 1 fully saturated rings. The van der Waals surface area contributed by atoms with E-state index in [9.17, 15) is 5.11 Å². The zero-order chi connectivity index (χ0) is 11.2. The third-order valence-electron chi connectivity index (χ3n) is 2.92. The smallest absolute Gasteiger partial charge is 0.368 e. The lowest BCUT2D eigenvalue weighted by Gasteiger charge is -2.26. The fourth-order valence-electron chi connectivity index (χ4n) is 1.89. The first kappa shape index (κ1) is 13.3. The SMILES string of the molecule is CCC1OC(O)C[C@@]1(C)CC.O=C=O. The van der Waals surface area contributed by atoms with Gasteiger partial charge in [0.25, 0.3) is 0 Å². The molecule has 0 aliphatic carbocycles. The molecule has 0 saturated carbocycles. The van der Waals surface area contributed by atoms with Gasteiger partial charge in [0, 0.05) is 6.42 Å². The third kappa shape index (κ3) is 3.22. The largest absolute Gasteiger partial charge is 0.373 e. The second-order valence-electron chi connectivity index (χ2n) is 3.78. The van der Waals surface area contributed by atoms with Crippen LogP contribution in [0.15, 0.2) is 0 Å². The van der Waals surface area contributed by atoms with Crippen LogP contribution in [0.2, 0.25) is 0 Å². The van der Waals surface area contributed by atoms with Crippen LogP contribution in [0.4, 0.5) is 0 Å². The highest BCUT2D eigenvalue weighted by Crippen LogP contribution is 2.41. The average Bonchev–Trinajstić information content (AvgIpc) is 2.43. The van der Waals surface area contributed by atoms with E-state index in [2.05, 4.69) is 20.8 Å². The Hall–Kier alpha value is -0.700. The van der Waals surface area contributed by atoms with Gasteiger partial charge in [-0.05, 0) is 18.3 Å². The van der Waals surface area contributed by atoms with Crippen LogP contribution in [0.3, 0.4) is 0 Å². The number of aliphatic hydroxyl groups excluding tert-OH is 1. The number of ether oxygens (including phenoxy) is 1. The van der Waals surface area contributed by atoms with Crippen molar-refractivity contribution in [2.45, 2.75) is 52.4 Å². The lowest BCUT2D eigenvalue weighted by Crippen LogP contribution is -2.25. The summed E-state index contributed by atoms with van der Waals surface area (Å²) in [7, 11) is 0. The molecule has 2 unspecified atom stereocenters. The fourth-order valence-corrected chi connectivity index (χ4v) is 1.89. The van der Waals surface area contributed by atoms with E-state index < -0.39 is 6.29 Å². The second kappa shape index (κ2) is 5.91. The monoisotopic (exact) mass is 202 g/mol. The van der Waals surface area contributed by atoms with Gasteiger partial charge in [-0.25, -0.2) is 0 Å². The molecule has 1 N–H and O–H groups in total. The fraction of sp³-hybridized carbons (Fsp3) is 0.900. The Labute approximate surface area is 84.3 Å². The van der Waals surface area contributed by atoms with Crippen LogP contribution in [0.5, 0.6) is 0 Å². The molecule has 0 amide bonds. The summed E-state index contributed by atoms with van der Waals surface area (Å²) >= 11 is 0. The highest BCUT2D eigenvalue weighted by atomic mass is 16.6. The summed E-state index contributed by atoms with van der Waals surface area (Å²) in [6.45, 7) is 6.46. The van der Waals surface area contributed by atoms with E-state index in [1.807, 2.05) is 0 Å². The first-order valence-electron chi connectivity index (χ1n) is 4.86. The van der Waals surface area contributed by atoms with Crippen molar-refractivity contribution >= 4 is 6.15 Å². The zero-order valence-electron chi connectivity index (χ0n) is 8.95. The summed E-state index contributed by atoms with van der Waals surface area (Å²) in [6.07, 6.45) is 2.86. The van der Waals surface area contributed by atoms with Crippen LogP contribution < -0.4 is 0 Å². The van der Waals surface area contributed by atoms with Crippen LogP contribution in [0, 0.1) is 5.41 Å². The first-order valence-corrected chi connectivity index (χ1v) is 4.86. The van der Waals surface area contributed by atoms with E-state index in [0.717, 1.165) is 19.3 Å². The van der Waals surface area contributed by atoms with E-state index >= 15 is 0 Å². The van der Waals surface area contributed by atoms with E-state index in [1.54, 1.807) is 0 Å². The number of hydrogen-bond donors (Lipinski definition) is 1. The van der Waals surface area contributed by atoms with Crippen LogP contribution in [0.25, 0.3) is 0 Å². The van der Waals surface area contributed by atoms with Crippen LogP contribution >= 0.6 is 0 Å². The van der Waals surface area contributed by atoms with E-state index in [-0.39, 0.29) is 17.7 Å². The summed E-state index contributed by atoms with van der Waals surface area (Å²) in [5.41, 5.74) is 0.203. The van der Waals surface area contributed by atoms with Gasteiger partial charge in [0.1, 0.15) is 0 Å². The van der Waals surface area contributed by atoms with Gasteiger partial charge >= 0.3 is 6.15 Å². The quantitative estimate of drug-likeness (QED) is 0.733. The molecule has 3 atom stereocenters. The molecule has 0 aromatic rings. The molecule has 1 aliphatic heterocycles. The molecule has 82 valence electrons. The number of rotatable bonds is 2. The Kier molecular flexibility index (Phi) is 5.62. The summed E-state index contributed by atoms with van der Waals surface area (Å²) in [6, 6.07) is 0. The maximum Gasteiger partial charge on any atom is 0.373 e. The first-order chi connectivity index (χ1) is 6.53. The highest BCUT2D eigenvalue weighted by Gasteiger charge is 2.41. The van der Waals surface area contributed by atoms with Gasteiger partial charge < -0.3 is 9.84 Å². The third-order valence-corrected chi connectivity index (χ3v) is 2.92. The number of carbonyl (C=O) groups excluding carboxylic acids is 2. The molecule has 0 aromatic carbocycles. The van der Waals surface area contributed by atoms with Gasteiger partial charge in [-0.2, -0.15) is 9.59 Å². The summed E-state index contributed by atoms with van der Waals surface area (Å²) in [5.74, 6) is 0. The summed E-state index contributed by atoms with van der Waals surface area (Å²) < 4.78 is 5.37. The minimum Gasteiger partial charge on any atom is -0.368 e. The maximum atomic E-state index is 9.28. The molecule has 1 aliphatic rings. The predicted molar refractivity (Wildman–Crippen MR) is 49.2 cm³/mol. The topological polar surface area (TPSA) is 63.6 Å². The maximum absolute atomic E-state index is 9.28. The molecule has 14 heavy (non-hydrogen) atoms. The van der Waals surface area contributed by atoms with Crippen molar-refractivity contribution in [2.24, 2.45) is 5.41 Å². The predicted octanol–water partition coefficient (Wildman–Crippen LogP) is 1.34. The standard InChI is InChI=1S/C9H18O2.CO2/c1-4-7-9(3,5-2)6-8(10)11-7;2-1-3/h7-8,10H,4-6H2,1-3H3;/t7?,8?,9-;/m1./s1. The Bertz CT molecular complexity index is 198. The minimum absolute atomic E-state index is 0.203. The normalized spacial score (nSPS) is 35.7. The van der Waals surface area contributed by atoms with Gasteiger partial charge in [0.2, 0.25) is 0 Å². The number of hydrogen-bond acceptors (Lipinski definition) is 4. The van der Waals surface area contributed by atoms with Gasteiger partial charge in [0.15, 0.2) is 6.29 Å². The van der Waals surface area contributed by atoms with Gasteiger partial charge in [-0.15, -0.1) is 0 Å². The zero-order valence-corrected chi connectivity index (χ0v) is 8.95. The molecule has 0 bridgehead atoms. The van der Waals surface area contributed by atoms with Crippen molar-refractivity contribution in [3.8, 4) is 0 Å². The molecule has 0 aromatic heterocycles. The van der Waals surface area contributed by atoms with Crippen molar-refractivity contribution in [2.75, 3.05) is 0 Å². The van der Waals surface area contributed by atoms with Crippen molar-refractivity contribution in [3.63, 3.8) is 0 Å². The molecule has 0 radical (unpaired) electrons. The lowest BCUT2D eigenvalue weighted by molar-refractivity contribution is -0.191. The molecule has 1 saturated heterocycles. The van der Waals surface area contributed by atoms with Crippen molar-refractivity contribution in [3.05, 3.63) is 0 Å². The van der Waals surface area contributed by atoms with Gasteiger partial charge in [0.05, 0.1) is 6.10 Å². The Morgan fingerprint density at radius 3 is 2.29 bits per heavy atom. The Balaban J connectivity index is 0.000000500. The molecule has 1 heterocycles. The summed E-state index contributed by atoms with van der Waals surface area (Å²) in [5, 5.41) is 9.28. The van der Waals surface area contributed by atoms with Gasteiger partial charge in [-0.1, -0.05) is 20.8 Å². The average molecular weight is 202 g/mol. The molecular formula is C10H18O4. The van der Waals surface area contributed by atoms with E-state index in [4.69, 9.17) is 14.3 Å².